The second-order valence-corrected chi connectivity index (χ2v) is 5.34. The highest BCUT2D eigenvalue weighted by atomic mass is 32.1. The van der Waals surface area contributed by atoms with E-state index in [-0.39, 0.29) is 5.91 Å². The molecule has 0 aliphatic carbocycles. The first-order chi connectivity index (χ1) is 8.69. The number of unbranched alkanes of at least 4 members (excludes halogenated alkanes) is 2. The van der Waals surface area contributed by atoms with Crippen LogP contribution in [-0.2, 0) is 10.3 Å². The first-order valence-corrected chi connectivity index (χ1v) is 6.94. The molecule has 1 aromatic heterocycles. The highest BCUT2D eigenvalue weighted by Crippen LogP contribution is 2.33. The van der Waals surface area contributed by atoms with Crippen LogP contribution in [0.1, 0.15) is 30.6 Å². The summed E-state index contributed by atoms with van der Waals surface area (Å²) in [6, 6.07) is 3.37. The maximum Gasteiger partial charge on any atom is 0.322 e. The second-order valence-electron chi connectivity index (χ2n) is 4.39. The molecule has 18 heavy (non-hydrogen) atoms. The fourth-order valence-electron chi connectivity index (χ4n) is 2.20. The van der Waals surface area contributed by atoms with Crippen molar-refractivity contribution in [1.29, 1.82) is 0 Å². The maximum atomic E-state index is 12.1. The summed E-state index contributed by atoms with van der Waals surface area (Å²) in [4.78, 5) is 24.3. The fourth-order valence-corrected chi connectivity index (χ4v) is 3.10. The van der Waals surface area contributed by atoms with Crippen molar-refractivity contribution in [1.82, 2.24) is 10.6 Å². The Bertz CT molecular complexity index is 433. The summed E-state index contributed by atoms with van der Waals surface area (Å²) in [5, 5.41) is 7.02. The topological polar surface area (TPSA) is 84.2 Å². The van der Waals surface area contributed by atoms with E-state index in [0.717, 1.165) is 24.1 Å². The molecule has 98 valence electrons. The molecule has 0 bridgehead atoms. The third-order valence-corrected chi connectivity index (χ3v) is 4.17. The monoisotopic (exact) mass is 267 g/mol. The number of urea groups is 1. The van der Waals surface area contributed by atoms with Crippen LogP contribution in [0.5, 0.6) is 0 Å². The Kier molecular flexibility index (Phi) is 3.98. The van der Waals surface area contributed by atoms with Crippen molar-refractivity contribution in [3.63, 3.8) is 0 Å². The smallest absolute Gasteiger partial charge is 0.322 e. The molecule has 1 aliphatic heterocycles. The summed E-state index contributed by atoms with van der Waals surface area (Å²) in [7, 11) is 0. The van der Waals surface area contributed by atoms with E-state index >= 15 is 0 Å². The standard InChI is InChI=1S/C12H17N3O2S/c13-7-3-1-2-6-12(9-5-4-8-18-9)10(16)14-11(17)15-12/h4-5,8H,1-3,6-7,13H2,(H2,14,15,16,17). The van der Waals surface area contributed by atoms with E-state index in [1.807, 2.05) is 17.5 Å². The van der Waals surface area contributed by atoms with Crippen LogP contribution in [0.15, 0.2) is 17.5 Å². The highest BCUT2D eigenvalue weighted by molar-refractivity contribution is 7.10. The van der Waals surface area contributed by atoms with Crippen molar-refractivity contribution >= 4 is 23.3 Å². The number of amides is 3. The van der Waals surface area contributed by atoms with E-state index in [2.05, 4.69) is 10.6 Å². The SMILES string of the molecule is NCCCCCC1(c2cccs2)NC(=O)NC1=O. The summed E-state index contributed by atoms with van der Waals surface area (Å²) in [6.45, 7) is 0.657. The number of imide groups is 1. The number of carbonyl (C=O) groups excluding carboxylic acids is 2. The molecule has 1 unspecified atom stereocenters. The van der Waals surface area contributed by atoms with Crippen LogP contribution in [0, 0.1) is 0 Å². The molecule has 0 saturated carbocycles. The number of hydrogen-bond donors (Lipinski definition) is 3. The van der Waals surface area contributed by atoms with Gasteiger partial charge in [-0.05, 0) is 30.8 Å². The number of hydrogen-bond acceptors (Lipinski definition) is 4. The van der Waals surface area contributed by atoms with Gasteiger partial charge in [0.2, 0.25) is 0 Å². The van der Waals surface area contributed by atoms with Crippen LogP contribution >= 0.6 is 11.3 Å². The summed E-state index contributed by atoms with van der Waals surface area (Å²) in [6.07, 6.45) is 3.39. The average Bonchev–Trinajstić information content (AvgIpc) is 2.94. The van der Waals surface area contributed by atoms with Gasteiger partial charge in [0.05, 0.1) is 0 Å². The van der Waals surface area contributed by atoms with Crippen LogP contribution in [0.2, 0.25) is 0 Å². The minimum Gasteiger partial charge on any atom is -0.330 e. The maximum absolute atomic E-state index is 12.1. The zero-order valence-corrected chi connectivity index (χ0v) is 10.9. The first kappa shape index (κ1) is 13.0. The van der Waals surface area contributed by atoms with Crippen molar-refractivity contribution < 1.29 is 9.59 Å². The molecule has 1 saturated heterocycles. The normalized spacial score (nSPS) is 22.9. The molecule has 2 heterocycles. The third kappa shape index (κ3) is 2.39. The van der Waals surface area contributed by atoms with Crippen LogP contribution in [0.3, 0.4) is 0 Å². The van der Waals surface area contributed by atoms with Gasteiger partial charge < -0.3 is 11.1 Å². The van der Waals surface area contributed by atoms with Gasteiger partial charge in [-0.15, -0.1) is 11.3 Å². The molecule has 1 atom stereocenters. The number of rotatable bonds is 6. The van der Waals surface area contributed by atoms with E-state index in [1.165, 1.54) is 11.3 Å². The first-order valence-electron chi connectivity index (χ1n) is 6.07. The Balaban J connectivity index is 2.14. The highest BCUT2D eigenvalue weighted by Gasteiger charge is 2.47. The van der Waals surface area contributed by atoms with Gasteiger partial charge in [0.25, 0.3) is 5.91 Å². The summed E-state index contributed by atoms with van der Waals surface area (Å²) in [5.41, 5.74) is 4.58. The lowest BCUT2D eigenvalue weighted by atomic mass is 9.90. The predicted octanol–water partition coefficient (Wildman–Crippen LogP) is 1.30. The largest absolute Gasteiger partial charge is 0.330 e. The van der Waals surface area contributed by atoms with E-state index in [4.69, 9.17) is 5.73 Å². The molecule has 3 amide bonds. The van der Waals surface area contributed by atoms with Gasteiger partial charge in [0.1, 0.15) is 0 Å². The van der Waals surface area contributed by atoms with Crippen molar-refractivity contribution in [2.75, 3.05) is 6.54 Å². The Hall–Kier alpha value is -1.40. The zero-order chi connectivity index (χ0) is 13.0. The van der Waals surface area contributed by atoms with Gasteiger partial charge in [-0.25, -0.2) is 4.79 Å². The van der Waals surface area contributed by atoms with Crippen LogP contribution in [0.4, 0.5) is 4.79 Å². The summed E-state index contributed by atoms with van der Waals surface area (Å²) < 4.78 is 0. The van der Waals surface area contributed by atoms with Gasteiger partial charge >= 0.3 is 6.03 Å². The molecule has 6 heteroatoms. The van der Waals surface area contributed by atoms with Crippen molar-refractivity contribution in [3.05, 3.63) is 22.4 Å². The molecule has 1 aromatic rings. The fraction of sp³-hybridized carbons (Fsp3) is 0.500. The zero-order valence-electron chi connectivity index (χ0n) is 10.1. The van der Waals surface area contributed by atoms with Crippen molar-refractivity contribution in [2.24, 2.45) is 5.73 Å². The molecular weight excluding hydrogens is 250 g/mol. The summed E-state index contributed by atoms with van der Waals surface area (Å²) >= 11 is 1.49. The predicted molar refractivity (Wildman–Crippen MR) is 70.2 cm³/mol. The minimum absolute atomic E-state index is 0.248. The number of thiophene rings is 1. The van der Waals surface area contributed by atoms with Gasteiger partial charge in [-0.3, -0.25) is 10.1 Å². The lowest BCUT2D eigenvalue weighted by molar-refractivity contribution is -0.124. The average molecular weight is 267 g/mol. The molecular formula is C12H17N3O2S. The second kappa shape index (κ2) is 5.49. The number of nitrogens with one attached hydrogen (secondary N) is 2. The molecule has 1 aliphatic rings. The van der Waals surface area contributed by atoms with Crippen LogP contribution in [-0.4, -0.2) is 18.5 Å². The van der Waals surface area contributed by atoms with Gasteiger partial charge in [0.15, 0.2) is 5.54 Å². The minimum atomic E-state index is -0.875. The number of nitrogens with two attached hydrogens (primary N) is 1. The Morgan fingerprint density at radius 3 is 2.67 bits per heavy atom. The van der Waals surface area contributed by atoms with E-state index in [0.29, 0.717) is 13.0 Å². The summed E-state index contributed by atoms with van der Waals surface area (Å²) in [5.74, 6) is -0.248. The van der Waals surface area contributed by atoms with Crippen molar-refractivity contribution in [2.45, 2.75) is 31.2 Å². The molecule has 0 radical (unpaired) electrons. The van der Waals surface area contributed by atoms with Gasteiger partial charge in [-0.1, -0.05) is 18.9 Å². The molecule has 5 nitrogen and oxygen atoms in total. The van der Waals surface area contributed by atoms with E-state index in [1.54, 1.807) is 0 Å². The van der Waals surface area contributed by atoms with Gasteiger partial charge in [-0.2, -0.15) is 0 Å². The molecule has 1 fully saturated rings. The molecule has 2 rings (SSSR count). The van der Waals surface area contributed by atoms with E-state index < -0.39 is 11.6 Å². The van der Waals surface area contributed by atoms with Crippen LogP contribution < -0.4 is 16.4 Å². The van der Waals surface area contributed by atoms with Gasteiger partial charge in [0, 0.05) is 4.88 Å². The molecule has 0 aromatic carbocycles. The quantitative estimate of drug-likeness (QED) is 0.536. The number of carbonyl (C=O) groups is 2. The lowest BCUT2D eigenvalue weighted by Crippen LogP contribution is -2.43. The third-order valence-electron chi connectivity index (χ3n) is 3.14. The Morgan fingerprint density at radius 2 is 2.11 bits per heavy atom. The van der Waals surface area contributed by atoms with E-state index in [9.17, 15) is 9.59 Å². The van der Waals surface area contributed by atoms with Crippen molar-refractivity contribution in [3.8, 4) is 0 Å². The molecule has 0 spiro atoms. The lowest BCUT2D eigenvalue weighted by Gasteiger charge is -2.24. The Morgan fingerprint density at radius 1 is 1.28 bits per heavy atom. The Labute approximate surface area is 110 Å². The van der Waals surface area contributed by atoms with Crippen LogP contribution in [0.25, 0.3) is 0 Å². The molecule has 4 N–H and O–H groups in total.